The van der Waals surface area contributed by atoms with Gasteiger partial charge in [-0.2, -0.15) is 17.6 Å². The van der Waals surface area contributed by atoms with E-state index in [1.165, 1.54) is 6.07 Å². The molecular weight excluding hydrogens is 618 g/mol. The molecular formula is C33H30F10O2. The summed E-state index contributed by atoms with van der Waals surface area (Å²) in [7, 11) is 0. The number of rotatable bonds is 12. The number of ether oxygens (including phenoxy) is 2. The fourth-order valence-electron chi connectivity index (χ4n) is 5.29. The van der Waals surface area contributed by atoms with E-state index < -0.39 is 70.1 Å². The molecule has 244 valence electrons. The van der Waals surface area contributed by atoms with Crippen molar-refractivity contribution in [2.75, 3.05) is 0 Å². The van der Waals surface area contributed by atoms with Gasteiger partial charge in [0, 0.05) is 12.1 Å². The lowest BCUT2D eigenvalue weighted by Gasteiger charge is -2.30. The predicted molar refractivity (Wildman–Crippen MR) is 146 cm³/mol. The van der Waals surface area contributed by atoms with E-state index in [1.54, 1.807) is 6.08 Å². The van der Waals surface area contributed by atoms with E-state index in [4.69, 9.17) is 4.74 Å². The molecule has 0 aliphatic heterocycles. The van der Waals surface area contributed by atoms with Gasteiger partial charge in [0.15, 0.2) is 17.5 Å². The van der Waals surface area contributed by atoms with E-state index in [9.17, 15) is 43.9 Å². The summed E-state index contributed by atoms with van der Waals surface area (Å²) in [5.74, 6) is -10.3. The van der Waals surface area contributed by atoms with Gasteiger partial charge in [-0.1, -0.05) is 31.6 Å². The van der Waals surface area contributed by atoms with Crippen molar-refractivity contribution in [3.05, 3.63) is 112 Å². The zero-order valence-electron chi connectivity index (χ0n) is 24.1. The highest BCUT2D eigenvalue weighted by Gasteiger charge is 2.44. The molecule has 1 saturated carbocycles. The second-order valence-electron chi connectivity index (χ2n) is 11.0. The van der Waals surface area contributed by atoms with Crippen LogP contribution in [0.3, 0.4) is 0 Å². The molecule has 4 rings (SSSR count). The highest BCUT2D eigenvalue weighted by molar-refractivity contribution is 5.34. The molecule has 0 saturated heterocycles. The molecule has 0 bridgehead atoms. The Bertz CT molecular complexity index is 1470. The fraction of sp³-hybridized carbons (Fsp3) is 0.394. The summed E-state index contributed by atoms with van der Waals surface area (Å²) in [6.45, 7) is 1.81. The first-order valence-electron chi connectivity index (χ1n) is 14.4. The lowest BCUT2D eigenvalue weighted by Crippen LogP contribution is -2.31. The van der Waals surface area contributed by atoms with Crippen LogP contribution < -0.4 is 4.74 Å². The summed E-state index contributed by atoms with van der Waals surface area (Å²) >= 11 is 0. The van der Waals surface area contributed by atoms with Gasteiger partial charge in [-0.3, -0.25) is 0 Å². The topological polar surface area (TPSA) is 18.5 Å². The van der Waals surface area contributed by atoms with Crippen molar-refractivity contribution >= 4 is 0 Å². The van der Waals surface area contributed by atoms with Crippen LogP contribution in [-0.2, 0) is 29.8 Å². The van der Waals surface area contributed by atoms with Crippen molar-refractivity contribution in [1.29, 1.82) is 0 Å². The predicted octanol–water partition coefficient (Wildman–Crippen LogP) is 10.4. The number of halogens is 10. The van der Waals surface area contributed by atoms with E-state index in [1.807, 2.05) is 13.0 Å². The van der Waals surface area contributed by atoms with Gasteiger partial charge in [0.05, 0.1) is 11.7 Å². The lowest BCUT2D eigenvalue weighted by atomic mass is 9.87. The first kappa shape index (κ1) is 34.3. The van der Waals surface area contributed by atoms with E-state index in [0.717, 1.165) is 24.3 Å². The van der Waals surface area contributed by atoms with E-state index in [2.05, 4.69) is 4.74 Å². The van der Waals surface area contributed by atoms with Crippen LogP contribution in [-0.4, -0.2) is 6.10 Å². The second kappa shape index (κ2) is 14.3. The molecule has 0 atom stereocenters. The van der Waals surface area contributed by atoms with E-state index in [0.29, 0.717) is 37.7 Å². The van der Waals surface area contributed by atoms with Crippen LogP contribution in [0.1, 0.15) is 67.7 Å². The van der Waals surface area contributed by atoms with E-state index in [-0.39, 0.29) is 42.9 Å². The van der Waals surface area contributed by atoms with Gasteiger partial charge in [-0.15, -0.1) is 0 Å². The summed E-state index contributed by atoms with van der Waals surface area (Å²) in [4.78, 5) is 0. The van der Waals surface area contributed by atoms with Crippen LogP contribution in [0.4, 0.5) is 43.9 Å². The highest BCUT2D eigenvalue weighted by Crippen LogP contribution is 2.41. The summed E-state index contributed by atoms with van der Waals surface area (Å²) in [6.07, 6.45) is -3.52. The van der Waals surface area contributed by atoms with Gasteiger partial charge in [-0.05, 0) is 86.3 Å². The summed E-state index contributed by atoms with van der Waals surface area (Å²) < 4.78 is 152. The third-order valence-electron chi connectivity index (χ3n) is 7.52. The Balaban J connectivity index is 1.33. The van der Waals surface area contributed by atoms with Gasteiger partial charge >= 0.3 is 12.2 Å². The minimum absolute atomic E-state index is 0.0283. The van der Waals surface area contributed by atoms with Gasteiger partial charge in [0.2, 0.25) is 0 Å². The van der Waals surface area contributed by atoms with Crippen molar-refractivity contribution in [2.24, 2.45) is 5.92 Å². The number of hydrogen-bond donors (Lipinski definition) is 0. The minimum atomic E-state index is -4.44. The first-order chi connectivity index (χ1) is 21.2. The van der Waals surface area contributed by atoms with Crippen molar-refractivity contribution in [2.45, 2.75) is 76.6 Å². The standard InChI is InChI=1S/C33H30F10O2/c1-2-5-20-10-13-24(25(34)14-20)32(40,41)45-23-17-26(35)30(27(36)18-23)33(42,43)44-22-11-8-19(9-12-22)6-3-4-7-21-15-28(37)31(39)29(38)16-21/h3,6,10,13-19,22H,2,4-5,7-9,11-12H2,1H3/b6-3+. The molecule has 0 N–H and O–H groups in total. The van der Waals surface area contributed by atoms with Gasteiger partial charge in [0.25, 0.3) is 0 Å². The molecule has 1 aliphatic carbocycles. The Morgan fingerprint density at radius 2 is 1.31 bits per heavy atom. The minimum Gasteiger partial charge on any atom is -0.429 e. The third kappa shape index (κ3) is 8.59. The maximum Gasteiger partial charge on any atom is 0.429 e. The molecule has 0 amide bonds. The van der Waals surface area contributed by atoms with Crippen molar-refractivity contribution in [3.8, 4) is 5.75 Å². The van der Waals surface area contributed by atoms with Crippen LogP contribution in [0.15, 0.2) is 54.6 Å². The zero-order chi connectivity index (χ0) is 32.9. The number of aryl methyl sites for hydroxylation is 2. The molecule has 12 heteroatoms. The summed E-state index contributed by atoms with van der Waals surface area (Å²) in [6, 6.07) is 5.06. The van der Waals surface area contributed by atoms with Crippen LogP contribution in [0.25, 0.3) is 0 Å². The fourth-order valence-corrected chi connectivity index (χ4v) is 5.29. The lowest BCUT2D eigenvalue weighted by molar-refractivity contribution is -0.280. The average molecular weight is 649 g/mol. The van der Waals surface area contributed by atoms with Crippen molar-refractivity contribution in [1.82, 2.24) is 0 Å². The first-order valence-corrected chi connectivity index (χ1v) is 14.4. The van der Waals surface area contributed by atoms with Gasteiger partial charge in [-0.25, -0.2) is 26.3 Å². The average Bonchev–Trinajstić information content (AvgIpc) is 2.94. The van der Waals surface area contributed by atoms with Crippen LogP contribution >= 0.6 is 0 Å². The van der Waals surface area contributed by atoms with Crippen molar-refractivity contribution in [3.63, 3.8) is 0 Å². The number of allylic oxidation sites excluding steroid dienone is 2. The maximum absolute atomic E-state index is 14.9. The molecule has 0 aromatic heterocycles. The Labute approximate surface area is 253 Å². The molecule has 0 spiro atoms. The largest absolute Gasteiger partial charge is 0.429 e. The molecule has 1 fully saturated rings. The van der Waals surface area contributed by atoms with Crippen molar-refractivity contribution < 1.29 is 53.4 Å². The van der Waals surface area contributed by atoms with Crippen LogP contribution in [0.5, 0.6) is 5.75 Å². The van der Waals surface area contributed by atoms with E-state index >= 15 is 0 Å². The monoisotopic (exact) mass is 648 g/mol. The Morgan fingerprint density at radius 1 is 0.711 bits per heavy atom. The van der Waals surface area contributed by atoms with Crippen LogP contribution in [0, 0.1) is 40.8 Å². The molecule has 0 radical (unpaired) electrons. The molecule has 2 nitrogen and oxygen atoms in total. The molecule has 0 heterocycles. The molecule has 3 aromatic carbocycles. The molecule has 0 unspecified atom stereocenters. The molecule has 1 aliphatic rings. The zero-order valence-corrected chi connectivity index (χ0v) is 24.1. The maximum atomic E-state index is 14.9. The third-order valence-corrected chi connectivity index (χ3v) is 7.52. The number of hydrogen-bond acceptors (Lipinski definition) is 2. The Kier molecular flexibility index (Phi) is 10.9. The van der Waals surface area contributed by atoms with Gasteiger partial charge in [0.1, 0.15) is 28.8 Å². The molecule has 45 heavy (non-hydrogen) atoms. The summed E-state index contributed by atoms with van der Waals surface area (Å²) in [5.41, 5.74) is -2.23. The smallest absolute Gasteiger partial charge is 0.429 e. The quantitative estimate of drug-likeness (QED) is 0.111. The number of alkyl halides is 4. The normalized spacial score (nSPS) is 17.7. The SMILES string of the molecule is CCCc1ccc(C(F)(F)Oc2cc(F)c(C(F)(F)OC3CCC(/C=C/CCc4cc(F)c(F)c(F)c4)CC3)c(F)c2)c(F)c1. The van der Waals surface area contributed by atoms with Crippen LogP contribution in [0.2, 0.25) is 0 Å². The second-order valence-corrected chi connectivity index (χ2v) is 11.0. The number of benzene rings is 3. The van der Waals surface area contributed by atoms with Gasteiger partial charge < -0.3 is 9.47 Å². The Morgan fingerprint density at radius 3 is 1.89 bits per heavy atom. The summed E-state index contributed by atoms with van der Waals surface area (Å²) in [5, 5.41) is 0. The molecule has 3 aromatic rings. The highest BCUT2D eigenvalue weighted by atomic mass is 19.3. The Hall–Kier alpha value is -3.54.